The lowest BCUT2D eigenvalue weighted by Gasteiger charge is -2.55. The van der Waals surface area contributed by atoms with Crippen molar-refractivity contribution in [1.82, 2.24) is 20.4 Å². The predicted molar refractivity (Wildman–Crippen MR) is 134 cm³/mol. The minimum absolute atomic E-state index is 0.0108. The molecule has 4 amide bonds. The lowest BCUT2D eigenvalue weighted by atomic mass is 9.78. The number of nitrogens with one attached hydrogen (secondary N) is 2. The van der Waals surface area contributed by atoms with Crippen LogP contribution in [0.3, 0.4) is 0 Å². The summed E-state index contributed by atoms with van der Waals surface area (Å²) in [7, 11) is 0. The molecule has 3 fully saturated rings. The number of likely N-dealkylation sites (tertiary alicyclic amines) is 1. The Morgan fingerprint density at radius 3 is 2.45 bits per heavy atom. The Hall–Kier alpha value is -3.77. The van der Waals surface area contributed by atoms with Crippen molar-refractivity contribution in [3.05, 3.63) is 70.3 Å². The predicted octanol–water partition coefficient (Wildman–Crippen LogP) is 2.31. The number of hydrogen-bond acceptors (Lipinski definition) is 6. The number of halogens is 3. The van der Waals surface area contributed by atoms with Gasteiger partial charge in [0.15, 0.2) is 6.04 Å². The monoisotopic (exact) mass is 556 g/mol. The zero-order valence-corrected chi connectivity index (χ0v) is 21.4. The molecule has 2 unspecified atom stereocenters. The second-order valence-corrected chi connectivity index (χ2v) is 11.1. The SMILES string of the molecule is O=C1CCC(N2Cc3cc(C(=O)NC(c4ccc(CN5CC6(COC6)C5)cc4)C(F)(F)F)ccc3C2=O)C(=O)N1. The van der Waals surface area contributed by atoms with Crippen LogP contribution in [0.2, 0.25) is 0 Å². The molecule has 4 aliphatic rings. The van der Waals surface area contributed by atoms with Crippen LogP contribution in [0.1, 0.15) is 56.3 Å². The topological polar surface area (TPSA) is 108 Å². The summed E-state index contributed by atoms with van der Waals surface area (Å²) in [6.45, 7) is 3.98. The van der Waals surface area contributed by atoms with Gasteiger partial charge in [-0.2, -0.15) is 13.2 Å². The summed E-state index contributed by atoms with van der Waals surface area (Å²) in [5.41, 5.74) is 1.71. The number of alkyl halides is 3. The smallest absolute Gasteiger partial charge is 0.380 e. The van der Waals surface area contributed by atoms with Crippen LogP contribution in [0.4, 0.5) is 13.2 Å². The summed E-state index contributed by atoms with van der Waals surface area (Å²) >= 11 is 0. The average molecular weight is 557 g/mol. The summed E-state index contributed by atoms with van der Waals surface area (Å²) in [6, 6.07) is 7.06. The van der Waals surface area contributed by atoms with Crippen molar-refractivity contribution >= 4 is 23.6 Å². The molecule has 4 aliphatic heterocycles. The summed E-state index contributed by atoms with van der Waals surface area (Å²) in [5, 5.41) is 4.31. The maximum absolute atomic E-state index is 14.0. The van der Waals surface area contributed by atoms with Crippen molar-refractivity contribution < 1.29 is 37.1 Å². The minimum atomic E-state index is -4.74. The third-order valence-electron chi connectivity index (χ3n) is 8.04. The maximum Gasteiger partial charge on any atom is 0.412 e. The van der Waals surface area contributed by atoms with Gasteiger partial charge in [0.2, 0.25) is 11.8 Å². The van der Waals surface area contributed by atoms with Crippen molar-refractivity contribution in [3.8, 4) is 0 Å². The van der Waals surface area contributed by atoms with Crippen molar-refractivity contribution in [2.75, 3.05) is 26.3 Å². The Morgan fingerprint density at radius 1 is 1.10 bits per heavy atom. The second-order valence-electron chi connectivity index (χ2n) is 11.1. The van der Waals surface area contributed by atoms with E-state index in [1.165, 1.54) is 35.2 Å². The fourth-order valence-corrected chi connectivity index (χ4v) is 5.95. The molecule has 0 saturated carbocycles. The van der Waals surface area contributed by atoms with Crippen LogP contribution in [-0.4, -0.2) is 71.9 Å². The Kier molecular flexibility index (Phi) is 6.42. The van der Waals surface area contributed by atoms with Gasteiger partial charge in [-0.3, -0.25) is 29.4 Å². The van der Waals surface area contributed by atoms with Crippen LogP contribution in [0.15, 0.2) is 42.5 Å². The number of carbonyl (C=O) groups is 4. The van der Waals surface area contributed by atoms with E-state index < -0.39 is 41.9 Å². The first-order valence-corrected chi connectivity index (χ1v) is 13.1. The number of fused-ring (bicyclic) bond motifs is 1. The van der Waals surface area contributed by atoms with E-state index >= 15 is 0 Å². The summed E-state index contributed by atoms with van der Waals surface area (Å²) in [4.78, 5) is 53.1. The van der Waals surface area contributed by atoms with Crippen LogP contribution in [0.5, 0.6) is 0 Å². The number of ether oxygens (including phenoxy) is 1. The number of nitrogens with zero attached hydrogens (tertiary/aromatic N) is 2. The highest BCUT2D eigenvalue weighted by molar-refractivity contribution is 6.06. The van der Waals surface area contributed by atoms with Gasteiger partial charge in [0.25, 0.3) is 11.8 Å². The van der Waals surface area contributed by atoms with Crippen molar-refractivity contribution in [1.29, 1.82) is 0 Å². The molecule has 2 aromatic carbocycles. The molecule has 9 nitrogen and oxygen atoms in total. The number of amides is 4. The Balaban J connectivity index is 1.13. The first-order chi connectivity index (χ1) is 19.0. The molecule has 0 radical (unpaired) electrons. The first-order valence-electron chi connectivity index (χ1n) is 13.1. The highest BCUT2D eigenvalue weighted by Crippen LogP contribution is 2.38. The number of carbonyl (C=O) groups excluding carboxylic acids is 4. The van der Waals surface area contributed by atoms with Gasteiger partial charge in [-0.15, -0.1) is 0 Å². The van der Waals surface area contributed by atoms with E-state index in [4.69, 9.17) is 4.74 Å². The summed E-state index contributed by atoms with van der Waals surface area (Å²) in [6.07, 6.45) is -4.46. The van der Waals surface area contributed by atoms with E-state index in [-0.39, 0.29) is 41.5 Å². The normalized spacial score (nSPS) is 22.8. The largest absolute Gasteiger partial charge is 0.412 e. The zero-order valence-electron chi connectivity index (χ0n) is 21.4. The Labute approximate surface area is 227 Å². The van der Waals surface area contributed by atoms with Crippen LogP contribution >= 0.6 is 0 Å². The molecule has 40 heavy (non-hydrogen) atoms. The van der Waals surface area contributed by atoms with Gasteiger partial charge >= 0.3 is 6.18 Å². The lowest BCUT2D eigenvalue weighted by Crippen LogP contribution is -2.65. The van der Waals surface area contributed by atoms with Gasteiger partial charge < -0.3 is 15.0 Å². The van der Waals surface area contributed by atoms with Gasteiger partial charge in [-0.1, -0.05) is 24.3 Å². The van der Waals surface area contributed by atoms with Crippen molar-refractivity contribution in [3.63, 3.8) is 0 Å². The molecule has 6 rings (SSSR count). The van der Waals surface area contributed by atoms with Crippen LogP contribution in [0.25, 0.3) is 0 Å². The summed E-state index contributed by atoms with van der Waals surface area (Å²) in [5.74, 6) is -2.35. The van der Waals surface area contributed by atoms with Gasteiger partial charge in [0.1, 0.15) is 6.04 Å². The van der Waals surface area contributed by atoms with Gasteiger partial charge in [0, 0.05) is 49.1 Å². The molecule has 2 aromatic rings. The number of hydrogen-bond donors (Lipinski definition) is 2. The lowest BCUT2D eigenvalue weighted by molar-refractivity contribution is -0.191. The van der Waals surface area contributed by atoms with Gasteiger partial charge in [-0.25, -0.2) is 0 Å². The number of rotatable bonds is 6. The third-order valence-corrected chi connectivity index (χ3v) is 8.04. The molecule has 4 heterocycles. The highest BCUT2D eigenvalue weighted by atomic mass is 19.4. The van der Waals surface area contributed by atoms with Crippen molar-refractivity contribution in [2.24, 2.45) is 5.41 Å². The molecule has 0 bridgehead atoms. The highest BCUT2D eigenvalue weighted by Gasteiger charge is 2.48. The fourth-order valence-electron chi connectivity index (χ4n) is 5.95. The van der Waals surface area contributed by atoms with Gasteiger partial charge in [0.05, 0.1) is 13.2 Å². The number of imide groups is 1. The van der Waals surface area contributed by atoms with Crippen LogP contribution in [0, 0.1) is 5.41 Å². The van der Waals surface area contributed by atoms with E-state index in [1.54, 1.807) is 12.1 Å². The molecule has 3 saturated heterocycles. The number of benzene rings is 2. The molecule has 0 aromatic heterocycles. The van der Waals surface area contributed by atoms with E-state index in [2.05, 4.69) is 15.5 Å². The van der Waals surface area contributed by atoms with E-state index in [0.717, 1.165) is 31.9 Å². The second kappa shape index (κ2) is 9.70. The minimum Gasteiger partial charge on any atom is -0.380 e. The molecule has 2 N–H and O–H groups in total. The van der Waals surface area contributed by atoms with E-state index in [0.29, 0.717) is 12.1 Å². The standard InChI is InChI=1S/C28H27F3N4O5/c29-28(30,31)23(17-3-1-16(2-4-17)10-34-12-27(13-34)14-40-15-27)33-24(37)18-5-6-20-19(9-18)11-35(26(20)39)21-7-8-22(36)32-25(21)38/h1-6,9,21,23H,7-8,10-15H2,(H,33,37)(H,32,36,38). The molecule has 210 valence electrons. The molecule has 12 heteroatoms. The van der Waals surface area contributed by atoms with Crippen LogP contribution in [-0.2, 0) is 27.4 Å². The average Bonchev–Trinajstić information content (AvgIpc) is 3.18. The molecular formula is C28H27F3N4O5. The Morgan fingerprint density at radius 2 is 1.82 bits per heavy atom. The molecule has 2 atom stereocenters. The van der Waals surface area contributed by atoms with Crippen molar-refractivity contribution in [2.45, 2.75) is 44.2 Å². The molecular weight excluding hydrogens is 529 g/mol. The number of piperidine rings is 1. The quantitative estimate of drug-likeness (QED) is 0.529. The first kappa shape index (κ1) is 26.5. The summed E-state index contributed by atoms with van der Waals surface area (Å²) < 4.78 is 47.4. The zero-order chi connectivity index (χ0) is 28.2. The molecule has 0 aliphatic carbocycles. The van der Waals surface area contributed by atoms with Gasteiger partial charge in [-0.05, 0) is 41.3 Å². The van der Waals surface area contributed by atoms with E-state index in [9.17, 15) is 32.3 Å². The van der Waals surface area contributed by atoms with Crippen LogP contribution < -0.4 is 10.6 Å². The maximum atomic E-state index is 14.0. The fraction of sp³-hybridized carbons (Fsp3) is 0.429. The third kappa shape index (κ3) is 4.86. The Bertz CT molecular complexity index is 1380. The van der Waals surface area contributed by atoms with E-state index in [1.807, 2.05) is 0 Å². The molecule has 1 spiro atoms.